The van der Waals surface area contributed by atoms with Crippen LogP contribution in [0, 0.1) is 6.92 Å². The average molecular weight is 195 g/mol. The number of hydrogen-bond donors (Lipinski definition) is 2. The van der Waals surface area contributed by atoms with Gasteiger partial charge in [-0.1, -0.05) is 0 Å². The molecule has 0 saturated carbocycles. The topological polar surface area (TPSA) is 79.7 Å². The van der Waals surface area contributed by atoms with E-state index in [2.05, 4.69) is 9.72 Å². The van der Waals surface area contributed by atoms with E-state index in [9.17, 15) is 4.79 Å². The molecule has 0 aliphatic rings. The summed E-state index contributed by atoms with van der Waals surface area (Å²) in [5, 5.41) is 17.7. The van der Waals surface area contributed by atoms with Crippen molar-refractivity contribution in [3.8, 4) is 0 Å². The minimum Gasteiger partial charge on any atom is -0.465 e. The van der Waals surface area contributed by atoms with Crippen molar-refractivity contribution in [3.63, 3.8) is 0 Å². The number of aryl methyl sites for hydroxylation is 1. The van der Waals surface area contributed by atoms with Gasteiger partial charge in [-0.15, -0.1) is 0 Å². The van der Waals surface area contributed by atoms with Crippen LogP contribution in [0.1, 0.15) is 15.9 Å². The lowest BCUT2D eigenvalue weighted by Crippen LogP contribution is -2.35. The maximum Gasteiger partial charge on any atom is 0.508 e. The third kappa shape index (κ3) is 2.10. The molecule has 74 valence electrons. The Balaban J connectivity index is 3.06. The van der Waals surface area contributed by atoms with Crippen LogP contribution >= 0.6 is 0 Å². The Morgan fingerprint density at radius 1 is 1.57 bits per heavy atom. The van der Waals surface area contributed by atoms with Crippen LogP contribution in [0.25, 0.3) is 0 Å². The predicted octanol–water partition coefficient (Wildman–Crippen LogP) is -1.14. The number of aromatic nitrogens is 1. The van der Waals surface area contributed by atoms with Crippen molar-refractivity contribution >= 4 is 18.7 Å². The molecule has 0 atom stereocenters. The van der Waals surface area contributed by atoms with Crippen LogP contribution in [-0.4, -0.2) is 35.2 Å². The molecule has 14 heavy (non-hydrogen) atoms. The molecule has 0 aliphatic heterocycles. The normalized spacial score (nSPS) is 9.71. The van der Waals surface area contributed by atoms with E-state index in [1.165, 1.54) is 19.4 Å². The highest BCUT2D eigenvalue weighted by Crippen LogP contribution is 2.01. The molecule has 1 rings (SSSR count). The maximum atomic E-state index is 11.1. The van der Waals surface area contributed by atoms with Crippen LogP contribution in [-0.2, 0) is 4.74 Å². The fourth-order valence-electron chi connectivity index (χ4n) is 1.09. The number of esters is 1. The van der Waals surface area contributed by atoms with Gasteiger partial charge in [-0.2, -0.15) is 0 Å². The largest absolute Gasteiger partial charge is 0.508 e. The molecule has 0 spiro atoms. The fourth-order valence-corrected chi connectivity index (χ4v) is 1.09. The highest BCUT2D eigenvalue weighted by Gasteiger charge is 2.17. The first kappa shape index (κ1) is 10.7. The minimum atomic E-state index is -1.62. The minimum absolute atomic E-state index is 0.137. The number of rotatable bonds is 2. The van der Waals surface area contributed by atoms with Gasteiger partial charge in [0.15, 0.2) is 0 Å². The number of carbonyl (C=O) groups is 1. The lowest BCUT2D eigenvalue weighted by atomic mass is 9.82. The van der Waals surface area contributed by atoms with Crippen molar-refractivity contribution in [1.29, 1.82) is 0 Å². The molecule has 1 aromatic rings. The van der Waals surface area contributed by atoms with E-state index >= 15 is 0 Å². The van der Waals surface area contributed by atoms with E-state index in [4.69, 9.17) is 10.0 Å². The zero-order chi connectivity index (χ0) is 10.7. The van der Waals surface area contributed by atoms with E-state index in [0.717, 1.165) is 0 Å². The van der Waals surface area contributed by atoms with Crippen molar-refractivity contribution in [2.24, 2.45) is 0 Å². The lowest BCUT2D eigenvalue weighted by Gasteiger charge is -2.05. The second kappa shape index (κ2) is 4.21. The molecule has 1 aromatic heterocycles. The Morgan fingerprint density at radius 3 is 2.64 bits per heavy atom. The number of nitrogens with zero attached hydrogens (tertiary/aromatic N) is 1. The number of ether oxygens (including phenoxy) is 1. The Hall–Kier alpha value is -1.40. The Bertz CT molecular complexity index is 353. The summed E-state index contributed by atoms with van der Waals surface area (Å²) in [5.74, 6) is -0.500. The molecule has 0 amide bonds. The molecule has 0 unspecified atom stereocenters. The standard InChI is InChI=1S/C8H10BNO4/c1-5-3-6(8(11)14-2)4-10-7(5)9(12)13/h3-4,12-13H,1-2H3. The number of pyridine rings is 1. The van der Waals surface area contributed by atoms with Gasteiger partial charge in [-0.3, -0.25) is 4.98 Å². The first-order valence-corrected chi connectivity index (χ1v) is 3.97. The summed E-state index contributed by atoms with van der Waals surface area (Å²) in [6.45, 7) is 1.63. The maximum absolute atomic E-state index is 11.1. The number of carbonyl (C=O) groups excluding carboxylic acids is 1. The molecule has 1 heterocycles. The predicted molar refractivity (Wildman–Crippen MR) is 50.1 cm³/mol. The summed E-state index contributed by atoms with van der Waals surface area (Å²) in [6.07, 6.45) is 1.24. The summed E-state index contributed by atoms with van der Waals surface area (Å²) >= 11 is 0. The van der Waals surface area contributed by atoms with Crippen LogP contribution < -0.4 is 5.59 Å². The molecule has 5 nitrogen and oxygen atoms in total. The second-order valence-corrected chi connectivity index (χ2v) is 2.79. The van der Waals surface area contributed by atoms with Crippen LogP contribution in [0.15, 0.2) is 12.3 Å². The van der Waals surface area contributed by atoms with Gasteiger partial charge in [0, 0.05) is 6.20 Å². The molecular formula is C8H10BNO4. The highest BCUT2D eigenvalue weighted by molar-refractivity contribution is 6.58. The van der Waals surface area contributed by atoms with Crippen LogP contribution in [0.2, 0.25) is 0 Å². The molecule has 0 bridgehead atoms. The van der Waals surface area contributed by atoms with E-state index in [-0.39, 0.29) is 11.2 Å². The summed E-state index contributed by atoms with van der Waals surface area (Å²) in [5.41, 5.74) is 0.954. The highest BCUT2D eigenvalue weighted by atomic mass is 16.5. The molecule has 6 heteroatoms. The third-order valence-electron chi connectivity index (χ3n) is 1.78. The second-order valence-electron chi connectivity index (χ2n) is 2.79. The van der Waals surface area contributed by atoms with E-state index in [0.29, 0.717) is 5.56 Å². The van der Waals surface area contributed by atoms with Gasteiger partial charge in [0.05, 0.1) is 18.3 Å². The summed E-state index contributed by atoms with van der Waals surface area (Å²) in [4.78, 5) is 14.8. The van der Waals surface area contributed by atoms with Gasteiger partial charge in [-0.25, -0.2) is 4.79 Å². The van der Waals surface area contributed by atoms with Gasteiger partial charge < -0.3 is 14.8 Å². The van der Waals surface area contributed by atoms with Crippen molar-refractivity contribution in [1.82, 2.24) is 4.98 Å². The zero-order valence-electron chi connectivity index (χ0n) is 7.89. The number of methoxy groups -OCH3 is 1. The summed E-state index contributed by atoms with van der Waals surface area (Å²) < 4.78 is 4.49. The van der Waals surface area contributed by atoms with Crippen molar-refractivity contribution < 1.29 is 19.6 Å². The summed E-state index contributed by atoms with van der Waals surface area (Å²) in [7, 11) is -0.353. The monoisotopic (exact) mass is 195 g/mol. The van der Waals surface area contributed by atoms with Gasteiger partial charge >= 0.3 is 13.1 Å². The Labute approximate surface area is 81.5 Å². The van der Waals surface area contributed by atoms with E-state index in [1.807, 2.05) is 0 Å². The molecular weight excluding hydrogens is 185 g/mol. The van der Waals surface area contributed by atoms with E-state index < -0.39 is 13.1 Å². The van der Waals surface area contributed by atoms with E-state index in [1.54, 1.807) is 6.92 Å². The van der Waals surface area contributed by atoms with Crippen LogP contribution in [0.4, 0.5) is 0 Å². The Kier molecular flexibility index (Phi) is 3.21. The van der Waals surface area contributed by atoms with Crippen molar-refractivity contribution in [2.45, 2.75) is 6.92 Å². The van der Waals surface area contributed by atoms with Crippen LogP contribution in [0.5, 0.6) is 0 Å². The van der Waals surface area contributed by atoms with Crippen LogP contribution in [0.3, 0.4) is 0 Å². The SMILES string of the molecule is COC(=O)c1cnc(B(O)O)c(C)c1. The first-order valence-electron chi connectivity index (χ1n) is 3.97. The molecule has 0 aliphatic carbocycles. The van der Waals surface area contributed by atoms with Gasteiger partial charge in [-0.05, 0) is 18.6 Å². The quantitative estimate of drug-likeness (QED) is 0.460. The Morgan fingerprint density at radius 2 is 2.21 bits per heavy atom. The fraction of sp³-hybridized carbons (Fsp3) is 0.250. The van der Waals surface area contributed by atoms with Crippen molar-refractivity contribution in [3.05, 3.63) is 23.4 Å². The van der Waals surface area contributed by atoms with Gasteiger partial charge in [0.1, 0.15) is 0 Å². The first-order chi connectivity index (χ1) is 6.56. The molecule has 2 N–H and O–H groups in total. The average Bonchev–Trinajstić information content (AvgIpc) is 2.15. The molecule has 0 radical (unpaired) electrons. The molecule has 0 fully saturated rings. The zero-order valence-corrected chi connectivity index (χ0v) is 7.89. The lowest BCUT2D eigenvalue weighted by molar-refractivity contribution is 0.0600. The third-order valence-corrected chi connectivity index (χ3v) is 1.78. The summed E-state index contributed by atoms with van der Waals surface area (Å²) in [6, 6.07) is 1.49. The smallest absolute Gasteiger partial charge is 0.465 e. The van der Waals surface area contributed by atoms with Crippen molar-refractivity contribution in [2.75, 3.05) is 7.11 Å². The molecule has 0 saturated heterocycles. The number of hydrogen-bond acceptors (Lipinski definition) is 5. The van der Waals surface area contributed by atoms with Gasteiger partial charge in [0.25, 0.3) is 0 Å². The van der Waals surface area contributed by atoms with Gasteiger partial charge in [0.2, 0.25) is 0 Å². The molecule has 0 aromatic carbocycles.